The van der Waals surface area contributed by atoms with Crippen molar-refractivity contribution in [2.24, 2.45) is 4.99 Å². The summed E-state index contributed by atoms with van der Waals surface area (Å²) in [6.45, 7) is 7.03. The number of guanidine groups is 1. The number of nitrogens with zero attached hydrogens (tertiary/aromatic N) is 2. The van der Waals surface area contributed by atoms with Crippen molar-refractivity contribution >= 4 is 5.96 Å². The number of methoxy groups -OCH3 is 2. The molecule has 0 radical (unpaired) electrons. The summed E-state index contributed by atoms with van der Waals surface area (Å²) in [7, 11) is 5.21. The second-order valence-electron chi connectivity index (χ2n) is 7.91. The van der Waals surface area contributed by atoms with Gasteiger partial charge in [0.2, 0.25) is 0 Å². The number of rotatable bonds is 9. The van der Waals surface area contributed by atoms with Crippen LogP contribution in [-0.4, -0.2) is 71.5 Å². The van der Waals surface area contributed by atoms with E-state index in [1.807, 2.05) is 30.3 Å². The van der Waals surface area contributed by atoms with Crippen LogP contribution in [0.3, 0.4) is 0 Å². The molecule has 7 heteroatoms. The first-order valence-electron chi connectivity index (χ1n) is 11.2. The highest BCUT2D eigenvalue weighted by atomic mass is 16.5. The van der Waals surface area contributed by atoms with Gasteiger partial charge in [-0.25, -0.2) is 0 Å². The lowest BCUT2D eigenvalue weighted by Gasteiger charge is -2.35. The summed E-state index contributed by atoms with van der Waals surface area (Å²) < 4.78 is 16.4. The Hall–Kier alpha value is -2.77. The zero-order valence-electron chi connectivity index (χ0n) is 19.6. The van der Waals surface area contributed by atoms with Gasteiger partial charge in [-0.15, -0.1) is 0 Å². The Balaban J connectivity index is 1.62. The summed E-state index contributed by atoms with van der Waals surface area (Å²) in [6.07, 6.45) is 0. The van der Waals surface area contributed by atoms with E-state index in [1.54, 1.807) is 21.3 Å². The molecule has 1 aliphatic rings. The van der Waals surface area contributed by atoms with E-state index < -0.39 is 0 Å². The first-order valence-corrected chi connectivity index (χ1v) is 11.2. The molecule has 174 valence electrons. The van der Waals surface area contributed by atoms with Crippen LogP contribution in [0.1, 0.15) is 30.0 Å². The van der Waals surface area contributed by atoms with Crippen LogP contribution in [0.4, 0.5) is 0 Å². The molecule has 0 amide bonds. The van der Waals surface area contributed by atoms with Gasteiger partial charge >= 0.3 is 0 Å². The third-order valence-electron chi connectivity index (χ3n) is 5.92. The van der Waals surface area contributed by atoms with Gasteiger partial charge < -0.3 is 24.8 Å². The topological polar surface area (TPSA) is 67.4 Å². The standard InChI is InChI=1S/C25H36N4O3/c1-19(22-7-5-6-8-24(22)31-4)17-27-25(26-2)28-18-23(29-13-15-32-16-14-29)20-9-11-21(30-3)12-10-20/h5-12,19,23H,13-18H2,1-4H3,(H2,26,27,28). The first-order chi connectivity index (χ1) is 15.7. The molecule has 2 atom stereocenters. The third kappa shape index (κ3) is 6.37. The van der Waals surface area contributed by atoms with E-state index in [1.165, 1.54) is 11.1 Å². The van der Waals surface area contributed by atoms with Crippen molar-refractivity contribution in [2.45, 2.75) is 18.9 Å². The number of hydrogen-bond acceptors (Lipinski definition) is 5. The summed E-state index contributed by atoms with van der Waals surface area (Å²) >= 11 is 0. The van der Waals surface area contributed by atoms with Crippen molar-refractivity contribution in [1.82, 2.24) is 15.5 Å². The number of benzene rings is 2. The number of ether oxygens (including phenoxy) is 3. The largest absolute Gasteiger partial charge is 0.497 e. The number of para-hydroxylation sites is 1. The minimum Gasteiger partial charge on any atom is -0.497 e. The fraction of sp³-hybridized carbons (Fsp3) is 0.480. The molecule has 3 rings (SSSR count). The summed E-state index contributed by atoms with van der Waals surface area (Å²) in [5.74, 6) is 2.85. The molecular formula is C25H36N4O3. The van der Waals surface area contributed by atoms with Gasteiger partial charge in [-0.1, -0.05) is 37.3 Å². The molecule has 1 fully saturated rings. The van der Waals surface area contributed by atoms with E-state index in [9.17, 15) is 0 Å². The number of hydrogen-bond donors (Lipinski definition) is 2. The lowest BCUT2D eigenvalue weighted by molar-refractivity contribution is 0.0170. The predicted molar refractivity (Wildman–Crippen MR) is 129 cm³/mol. The van der Waals surface area contributed by atoms with Gasteiger partial charge in [0, 0.05) is 39.1 Å². The summed E-state index contributed by atoms with van der Waals surface area (Å²) in [4.78, 5) is 6.90. The Kier molecular flexibility index (Phi) is 9.19. The monoisotopic (exact) mass is 440 g/mol. The average molecular weight is 441 g/mol. The fourth-order valence-corrected chi connectivity index (χ4v) is 4.02. The fourth-order valence-electron chi connectivity index (χ4n) is 4.02. The lowest BCUT2D eigenvalue weighted by Crippen LogP contribution is -2.46. The van der Waals surface area contributed by atoms with Crippen molar-refractivity contribution in [3.05, 3.63) is 59.7 Å². The van der Waals surface area contributed by atoms with Gasteiger partial charge in [0.1, 0.15) is 11.5 Å². The van der Waals surface area contributed by atoms with Crippen LogP contribution in [0.5, 0.6) is 11.5 Å². The number of morpholine rings is 1. The highest BCUT2D eigenvalue weighted by Gasteiger charge is 2.23. The molecule has 1 aliphatic heterocycles. The maximum absolute atomic E-state index is 5.57. The minimum atomic E-state index is 0.218. The predicted octanol–water partition coefficient (Wildman–Crippen LogP) is 3.05. The van der Waals surface area contributed by atoms with Crippen molar-refractivity contribution < 1.29 is 14.2 Å². The maximum atomic E-state index is 5.57. The van der Waals surface area contributed by atoms with E-state index in [2.05, 4.69) is 45.6 Å². The Morgan fingerprint density at radius 2 is 1.69 bits per heavy atom. The molecule has 0 spiro atoms. The lowest BCUT2D eigenvalue weighted by atomic mass is 10.0. The molecular weight excluding hydrogens is 404 g/mol. The zero-order chi connectivity index (χ0) is 22.8. The summed E-state index contributed by atoms with van der Waals surface area (Å²) in [6, 6.07) is 16.7. The zero-order valence-corrected chi connectivity index (χ0v) is 19.6. The Morgan fingerprint density at radius 3 is 2.34 bits per heavy atom. The number of nitrogens with one attached hydrogen (secondary N) is 2. The molecule has 2 unspecified atom stereocenters. The van der Waals surface area contributed by atoms with Crippen LogP contribution in [0, 0.1) is 0 Å². The van der Waals surface area contributed by atoms with E-state index >= 15 is 0 Å². The molecule has 32 heavy (non-hydrogen) atoms. The summed E-state index contributed by atoms with van der Waals surface area (Å²) in [5.41, 5.74) is 2.43. The Bertz CT molecular complexity index is 851. The molecule has 2 aromatic carbocycles. The second-order valence-corrected chi connectivity index (χ2v) is 7.91. The molecule has 0 aliphatic carbocycles. The molecule has 1 heterocycles. The highest BCUT2D eigenvalue weighted by molar-refractivity contribution is 5.79. The third-order valence-corrected chi connectivity index (χ3v) is 5.92. The Morgan fingerprint density at radius 1 is 1.00 bits per heavy atom. The van der Waals surface area contributed by atoms with Crippen LogP contribution in [0.25, 0.3) is 0 Å². The van der Waals surface area contributed by atoms with Crippen LogP contribution in [0.15, 0.2) is 53.5 Å². The smallest absolute Gasteiger partial charge is 0.191 e. The highest BCUT2D eigenvalue weighted by Crippen LogP contribution is 2.26. The first kappa shape index (κ1) is 23.9. The van der Waals surface area contributed by atoms with Crippen molar-refractivity contribution in [1.29, 1.82) is 0 Å². The Labute approximate surface area is 191 Å². The minimum absolute atomic E-state index is 0.218. The summed E-state index contributed by atoms with van der Waals surface area (Å²) in [5, 5.41) is 6.99. The van der Waals surface area contributed by atoms with Crippen molar-refractivity contribution in [2.75, 3.05) is 60.7 Å². The molecule has 7 nitrogen and oxygen atoms in total. The van der Waals surface area contributed by atoms with E-state index in [0.717, 1.165) is 56.9 Å². The van der Waals surface area contributed by atoms with E-state index in [4.69, 9.17) is 14.2 Å². The van der Waals surface area contributed by atoms with Gasteiger partial charge in [-0.3, -0.25) is 9.89 Å². The average Bonchev–Trinajstić information content (AvgIpc) is 2.86. The van der Waals surface area contributed by atoms with Gasteiger partial charge in [-0.05, 0) is 29.3 Å². The second kappa shape index (κ2) is 12.3. The SMILES string of the molecule is CN=C(NCC(C)c1ccccc1OC)NCC(c1ccc(OC)cc1)N1CCOCC1. The van der Waals surface area contributed by atoms with Gasteiger partial charge in [0.15, 0.2) is 5.96 Å². The molecule has 1 saturated heterocycles. The van der Waals surface area contributed by atoms with Gasteiger partial charge in [-0.2, -0.15) is 0 Å². The van der Waals surface area contributed by atoms with E-state index in [-0.39, 0.29) is 12.0 Å². The molecule has 0 saturated carbocycles. The van der Waals surface area contributed by atoms with Gasteiger partial charge in [0.25, 0.3) is 0 Å². The van der Waals surface area contributed by atoms with Crippen LogP contribution >= 0.6 is 0 Å². The van der Waals surface area contributed by atoms with Crippen LogP contribution in [-0.2, 0) is 4.74 Å². The maximum Gasteiger partial charge on any atom is 0.191 e. The molecule has 0 aromatic heterocycles. The molecule has 0 bridgehead atoms. The molecule has 2 N–H and O–H groups in total. The van der Waals surface area contributed by atoms with Gasteiger partial charge in [0.05, 0.1) is 33.5 Å². The van der Waals surface area contributed by atoms with Crippen LogP contribution in [0.2, 0.25) is 0 Å². The van der Waals surface area contributed by atoms with Crippen molar-refractivity contribution in [3.8, 4) is 11.5 Å². The quantitative estimate of drug-likeness (QED) is 0.462. The normalized spacial score (nSPS) is 16.8. The van der Waals surface area contributed by atoms with Crippen molar-refractivity contribution in [3.63, 3.8) is 0 Å². The van der Waals surface area contributed by atoms with Crippen LogP contribution < -0.4 is 20.1 Å². The number of aliphatic imine (C=N–C) groups is 1. The molecule has 2 aromatic rings. The van der Waals surface area contributed by atoms with E-state index in [0.29, 0.717) is 0 Å².